The van der Waals surface area contributed by atoms with Crippen LogP contribution in [0.15, 0.2) is 0 Å². The number of ether oxygens (including phenoxy) is 4. The fourth-order valence-corrected chi connectivity index (χ4v) is 7.52. The van der Waals surface area contributed by atoms with Crippen LogP contribution in [-0.2, 0) is 9.47 Å². The highest BCUT2D eigenvalue weighted by Crippen LogP contribution is 2.46. The zero-order valence-electron chi connectivity index (χ0n) is 23.8. The van der Waals surface area contributed by atoms with E-state index in [0.717, 1.165) is 38.8 Å². The van der Waals surface area contributed by atoms with Crippen molar-refractivity contribution in [3.63, 3.8) is 0 Å². The molecule has 5 aliphatic rings. The number of aromatic nitrogens is 3. The second-order valence-electron chi connectivity index (χ2n) is 12.7. The van der Waals surface area contributed by atoms with Gasteiger partial charge < -0.3 is 23.8 Å². The Labute approximate surface area is 243 Å². The van der Waals surface area contributed by atoms with Crippen LogP contribution in [0.1, 0.15) is 53.4 Å². The van der Waals surface area contributed by atoms with Gasteiger partial charge in [0.2, 0.25) is 5.88 Å². The summed E-state index contributed by atoms with van der Waals surface area (Å²) in [6.07, 6.45) is 2.92. The number of pyridine rings is 1. The summed E-state index contributed by atoms with van der Waals surface area (Å²) in [6.45, 7) is 10.7. The van der Waals surface area contributed by atoms with Gasteiger partial charge in [0, 0.05) is 25.2 Å². The minimum atomic E-state index is -0.738. The van der Waals surface area contributed by atoms with Crippen LogP contribution in [0.25, 0.3) is 10.9 Å². The number of fused-ring (bicyclic) bond motifs is 6. The van der Waals surface area contributed by atoms with Gasteiger partial charge in [-0.15, -0.1) is 0 Å². The number of hydrogen-bond acceptors (Lipinski definition) is 10. The van der Waals surface area contributed by atoms with Crippen molar-refractivity contribution in [1.29, 1.82) is 0 Å². The Kier molecular flexibility index (Phi) is 6.59. The van der Waals surface area contributed by atoms with Gasteiger partial charge in [-0.3, -0.25) is 9.80 Å². The molecule has 6 atom stereocenters. The van der Waals surface area contributed by atoms with E-state index in [-0.39, 0.29) is 52.8 Å². The Hall–Kier alpha value is -2.70. The first-order valence-electron chi connectivity index (χ1n) is 14.6. The predicted molar refractivity (Wildman–Crippen MR) is 148 cm³/mol. The van der Waals surface area contributed by atoms with Crippen LogP contribution in [0.2, 0.25) is 5.15 Å². The maximum Gasteiger partial charge on any atom is 0.410 e. The molecule has 4 fully saturated rings. The first-order chi connectivity index (χ1) is 19.6. The standard InChI is InChI=1S/C28H36ClFN6O5/c1-14-22-18-8-7-15(36(18)27(37)41-28(2,3)4)11-35(22)24-19-21(20(30)23(29)32-25(19)40-14)31-26(33-24)39-13-17-6-5-16-12-38-10-9-34(16)17/h14-18,22H,5-13H2,1-4H3/t14-,15+,16-,17-,18-,22+/m0/s1. The van der Waals surface area contributed by atoms with Crippen LogP contribution in [-0.4, -0.2) is 106 Å². The Morgan fingerprint density at radius 2 is 1.95 bits per heavy atom. The molecule has 41 heavy (non-hydrogen) atoms. The van der Waals surface area contributed by atoms with Gasteiger partial charge in [0.1, 0.15) is 35.0 Å². The number of hydrogen-bond donors (Lipinski definition) is 0. The van der Waals surface area contributed by atoms with Gasteiger partial charge in [-0.05, 0) is 53.4 Å². The molecule has 0 N–H and O–H groups in total. The highest BCUT2D eigenvalue weighted by molar-refractivity contribution is 6.30. The number of morpholine rings is 1. The molecule has 222 valence electrons. The minimum absolute atomic E-state index is 0.0189. The van der Waals surface area contributed by atoms with Crippen molar-refractivity contribution in [2.45, 2.75) is 95.3 Å². The van der Waals surface area contributed by atoms with Gasteiger partial charge in [-0.2, -0.15) is 15.0 Å². The number of carbonyl (C=O) groups excluding carboxylic acids is 1. The van der Waals surface area contributed by atoms with Crippen LogP contribution in [0.4, 0.5) is 15.0 Å². The first-order valence-corrected chi connectivity index (χ1v) is 14.9. The third kappa shape index (κ3) is 4.62. The highest BCUT2D eigenvalue weighted by atomic mass is 35.5. The predicted octanol–water partition coefficient (Wildman–Crippen LogP) is 3.80. The molecule has 13 heteroatoms. The number of anilines is 1. The second-order valence-corrected chi connectivity index (χ2v) is 13.1. The summed E-state index contributed by atoms with van der Waals surface area (Å²) in [7, 11) is 0. The van der Waals surface area contributed by atoms with Gasteiger partial charge in [-0.1, -0.05) is 11.6 Å². The van der Waals surface area contributed by atoms with E-state index < -0.39 is 17.5 Å². The van der Waals surface area contributed by atoms with Crippen molar-refractivity contribution >= 4 is 34.4 Å². The van der Waals surface area contributed by atoms with Crippen molar-refractivity contribution in [3.8, 4) is 11.9 Å². The molecule has 11 nitrogen and oxygen atoms in total. The van der Waals surface area contributed by atoms with Crippen LogP contribution >= 0.6 is 11.6 Å². The van der Waals surface area contributed by atoms with Gasteiger partial charge in [0.05, 0.1) is 31.3 Å². The van der Waals surface area contributed by atoms with E-state index in [1.54, 1.807) is 0 Å². The third-order valence-corrected chi connectivity index (χ3v) is 9.27. The van der Waals surface area contributed by atoms with E-state index in [9.17, 15) is 4.79 Å². The SMILES string of the molecule is C[C@@H]1Oc2nc(Cl)c(F)c3nc(OC[C@@H]4CC[C@H]5COCCN54)nc(c23)N2C[C@H]3CC[C@@H]([C@@H]12)N3C(=O)OC(C)(C)C. The lowest BCUT2D eigenvalue weighted by Crippen LogP contribution is -2.65. The molecule has 5 aliphatic heterocycles. The average molecular weight is 591 g/mol. The van der Waals surface area contributed by atoms with Crippen molar-refractivity contribution in [1.82, 2.24) is 24.8 Å². The molecule has 7 heterocycles. The van der Waals surface area contributed by atoms with Crippen molar-refractivity contribution < 1.29 is 28.1 Å². The van der Waals surface area contributed by atoms with E-state index in [4.69, 9.17) is 35.5 Å². The number of rotatable bonds is 3. The monoisotopic (exact) mass is 590 g/mol. The quantitative estimate of drug-likeness (QED) is 0.491. The number of piperazine rings is 1. The minimum Gasteiger partial charge on any atom is -0.472 e. The molecular weight excluding hydrogens is 555 g/mol. The smallest absolute Gasteiger partial charge is 0.410 e. The van der Waals surface area contributed by atoms with E-state index in [1.165, 1.54) is 0 Å². The summed E-state index contributed by atoms with van der Waals surface area (Å²) in [5.41, 5.74) is -0.593. The normalized spacial score (nSPS) is 31.0. The maximum atomic E-state index is 15.5. The fraction of sp³-hybridized carbons (Fsp3) is 0.714. The summed E-state index contributed by atoms with van der Waals surface area (Å²) < 4.78 is 39.4. The molecule has 0 unspecified atom stereocenters. The van der Waals surface area contributed by atoms with Crippen LogP contribution in [0.5, 0.6) is 11.9 Å². The van der Waals surface area contributed by atoms with Crippen LogP contribution < -0.4 is 14.4 Å². The summed E-state index contributed by atoms with van der Waals surface area (Å²) in [5.74, 6) is -0.0617. The molecule has 0 aliphatic carbocycles. The van der Waals surface area contributed by atoms with E-state index in [2.05, 4.69) is 19.8 Å². The molecule has 2 aromatic heterocycles. The number of nitrogens with zero attached hydrogens (tertiary/aromatic N) is 6. The Morgan fingerprint density at radius 3 is 2.76 bits per heavy atom. The molecule has 0 spiro atoms. The van der Waals surface area contributed by atoms with Crippen LogP contribution in [0.3, 0.4) is 0 Å². The molecule has 1 amide bonds. The third-order valence-electron chi connectivity index (χ3n) is 9.01. The number of carbonyl (C=O) groups is 1. The lowest BCUT2D eigenvalue weighted by Gasteiger charge is -2.48. The fourth-order valence-electron chi connectivity index (χ4n) is 7.35. The Bertz CT molecular complexity index is 1380. The molecule has 0 radical (unpaired) electrons. The Morgan fingerprint density at radius 1 is 1.15 bits per heavy atom. The van der Waals surface area contributed by atoms with Gasteiger partial charge in [0.15, 0.2) is 11.0 Å². The molecule has 2 aromatic rings. The highest BCUT2D eigenvalue weighted by Gasteiger charge is 2.54. The van der Waals surface area contributed by atoms with Gasteiger partial charge in [-0.25, -0.2) is 9.18 Å². The van der Waals surface area contributed by atoms with Gasteiger partial charge >= 0.3 is 12.1 Å². The number of amides is 1. The van der Waals surface area contributed by atoms with E-state index >= 15 is 4.39 Å². The van der Waals surface area contributed by atoms with Crippen molar-refractivity contribution in [3.05, 3.63) is 11.0 Å². The van der Waals surface area contributed by atoms with Crippen LogP contribution in [0, 0.1) is 5.82 Å². The lowest BCUT2D eigenvalue weighted by atomic mass is 9.98. The first kappa shape index (κ1) is 27.2. The molecule has 0 saturated carbocycles. The molecule has 7 rings (SSSR count). The summed E-state index contributed by atoms with van der Waals surface area (Å²) >= 11 is 6.23. The average Bonchev–Trinajstić information content (AvgIpc) is 3.44. The van der Waals surface area contributed by atoms with Crippen molar-refractivity contribution in [2.24, 2.45) is 0 Å². The van der Waals surface area contributed by atoms with Crippen molar-refractivity contribution in [2.75, 3.05) is 37.8 Å². The summed E-state index contributed by atoms with van der Waals surface area (Å²) in [6, 6.07) is 0.169. The maximum absolute atomic E-state index is 15.5. The number of halogens is 2. The lowest BCUT2D eigenvalue weighted by molar-refractivity contribution is -0.0101. The topological polar surface area (TPSA) is 102 Å². The van der Waals surface area contributed by atoms with E-state index in [0.29, 0.717) is 37.0 Å². The largest absolute Gasteiger partial charge is 0.472 e. The zero-order chi connectivity index (χ0) is 28.6. The van der Waals surface area contributed by atoms with Gasteiger partial charge in [0.25, 0.3) is 0 Å². The molecule has 2 bridgehead atoms. The summed E-state index contributed by atoms with van der Waals surface area (Å²) in [4.78, 5) is 33.3. The molecular formula is C28H36ClFN6O5. The zero-order valence-corrected chi connectivity index (χ0v) is 24.6. The molecule has 0 aromatic carbocycles. The Balaban J connectivity index is 1.25. The summed E-state index contributed by atoms with van der Waals surface area (Å²) in [5, 5.41) is 0.0480. The second kappa shape index (κ2) is 9.95. The molecule has 4 saturated heterocycles. The van der Waals surface area contributed by atoms with E-state index in [1.807, 2.05) is 32.6 Å².